The molecule has 0 amide bonds. The van der Waals surface area contributed by atoms with E-state index in [4.69, 9.17) is 0 Å². The van der Waals surface area contributed by atoms with Crippen molar-refractivity contribution in [2.75, 3.05) is 5.32 Å². The minimum absolute atomic E-state index is 0.136. The maximum Gasteiger partial charge on any atom is 0.143 e. The van der Waals surface area contributed by atoms with Crippen molar-refractivity contribution >= 4 is 16.9 Å². The molecule has 5 nitrogen and oxygen atoms in total. The fourth-order valence-electron chi connectivity index (χ4n) is 2.32. The number of anilines is 1. The first-order valence-corrected chi connectivity index (χ1v) is 6.63. The molecule has 3 heterocycles. The number of H-pyrrole nitrogens is 1. The van der Waals surface area contributed by atoms with Crippen LogP contribution in [0.4, 0.5) is 5.82 Å². The molecule has 0 radical (unpaired) electrons. The summed E-state index contributed by atoms with van der Waals surface area (Å²) in [5.41, 5.74) is 4.30. The van der Waals surface area contributed by atoms with Gasteiger partial charge in [-0.1, -0.05) is 6.07 Å². The number of pyridine rings is 1. The summed E-state index contributed by atoms with van der Waals surface area (Å²) in [6.45, 7) is 6.22. The molecule has 3 rings (SSSR count). The summed E-state index contributed by atoms with van der Waals surface area (Å²) in [5.74, 6) is 0.855. The summed E-state index contributed by atoms with van der Waals surface area (Å²) in [6, 6.07) is 4.13. The lowest BCUT2D eigenvalue weighted by atomic mass is 10.1. The van der Waals surface area contributed by atoms with E-state index < -0.39 is 0 Å². The third kappa shape index (κ3) is 2.11. The van der Waals surface area contributed by atoms with E-state index in [1.165, 1.54) is 5.56 Å². The molecule has 0 aliphatic heterocycles. The highest BCUT2D eigenvalue weighted by Crippen LogP contribution is 2.27. The van der Waals surface area contributed by atoms with E-state index in [-0.39, 0.29) is 6.04 Å². The Morgan fingerprint density at radius 3 is 2.85 bits per heavy atom. The van der Waals surface area contributed by atoms with Gasteiger partial charge < -0.3 is 10.3 Å². The van der Waals surface area contributed by atoms with Gasteiger partial charge in [-0.05, 0) is 38.0 Å². The van der Waals surface area contributed by atoms with E-state index in [2.05, 4.69) is 45.2 Å². The Balaban J connectivity index is 1.99. The van der Waals surface area contributed by atoms with Crippen molar-refractivity contribution in [3.05, 3.63) is 47.7 Å². The number of nitrogens with zero attached hydrogens (tertiary/aromatic N) is 3. The number of aromatic nitrogens is 4. The van der Waals surface area contributed by atoms with Gasteiger partial charge in [-0.3, -0.25) is 4.98 Å². The molecule has 0 aromatic carbocycles. The highest BCUT2D eigenvalue weighted by atomic mass is 15.1. The molecule has 3 aromatic rings. The third-order valence-electron chi connectivity index (χ3n) is 3.63. The number of fused-ring (bicyclic) bond motifs is 1. The summed E-state index contributed by atoms with van der Waals surface area (Å²) < 4.78 is 0. The Hall–Kier alpha value is -2.43. The van der Waals surface area contributed by atoms with Gasteiger partial charge >= 0.3 is 0 Å². The first-order valence-electron chi connectivity index (χ1n) is 6.63. The van der Waals surface area contributed by atoms with Gasteiger partial charge in [0.1, 0.15) is 17.8 Å². The van der Waals surface area contributed by atoms with Gasteiger partial charge in [0.15, 0.2) is 0 Å². The van der Waals surface area contributed by atoms with E-state index in [0.29, 0.717) is 0 Å². The molecule has 0 fully saturated rings. The molecule has 20 heavy (non-hydrogen) atoms. The van der Waals surface area contributed by atoms with Gasteiger partial charge in [0.2, 0.25) is 0 Å². The molecule has 2 N–H and O–H groups in total. The molecule has 1 atom stereocenters. The molecule has 0 aliphatic carbocycles. The predicted octanol–water partition coefficient (Wildman–Crippen LogP) is 3.14. The first kappa shape index (κ1) is 12.6. The number of hydrogen-bond donors (Lipinski definition) is 2. The number of rotatable bonds is 3. The molecule has 3 aromatic heterocycles. The normalized spacial score (nSPS) is 12.6. The van der Waals surface area contributed by atoms with Crippen molar-refractivity contribution < 1.29 is 0 Å². The summed E-state index contributed by atoms with van der Waals surface area (Å²) in [7, 11) is 0. The van der Waals surface area contributed by atoms with Gasteiger partial charge in [0.25, 0.3) is 0 Å². The molecular formula is C15H17N5. The Morgan fingerprint density at radius 2 is 2.10 bits per heavy atom. The van der Waals surface area contributed by atoms with Crippen LogP contribution in [-0.2, 0) is 0 Å². The number of aryl methyl sites for hydroxylation is 2. The van der Waals surface area contributed by atoms with Gasteiger partial charge in [-0.2, -0.15) is 0 Å². The maximum atomic E-state index is 4.38. The van der Waals surface area contributed by atoms with E-state index in [0.717, 1.165) is 28.1 Å². The van der Waals surface area contributed by atoms with Crippen LogP contribution in [0.1, 0.15) is 29.8 Å². The fraction of sp³-hybridized carbons (Fsp3) is 0.267. The second-order valence-corrected chi connectivity index (χ2v) is 4.97. The smallest absolute Gasteiger partial charge is 0.143 e. The largest absolute Gasteiger partial charge is 0.363 e. The maximum absolute atomic E-state index is 4.38. The summed E-state index contributed by atoms with van der Waals surface area (Å²) in [4.78, 5) is 16.1. The average molecular weight is 267 g/mol. The standard InChI is InChI=1S/C15H17N5/c1-9-10(2)19-14-13(9)15(18-8-17-14)20-11(3)12-5-4-6-16-7-12/h4-8,11H,1-3H3,(H2,17,18,19,20)/t11-/m0/s1. The van der Waals surface area contributed by atoms with Crippen LogP contribution < -0.4 is 5.32 Å². The summed E-state index contributed by atoms with van der Waals surface area (Å²) in [6.07, 6.45) is 5.22. The number of hydrogen-bond acceptors (Lipinski definition) is 4. The minimum atomic E-state index is 0.136. The lowest BCUT2D eigenvalue weighted by molar-refractivity contribution is 0.867. The minimum Gasteiger partial charge on any atom is -0.363 e. The van der Waals surface area contributed by atoms with Gasteiger partial charge in [0.05, 0.1) is 11.4 Å². The highest BCUT2D eigenvalue weighted by Gasteiger charge is 2.13. The monoisotopic (exact) mass is 267 g/mol. The second-order valence-electron chi connectivity index (χ2n) is 4.97. The van der Waals surface area contributed by atoms with E-state index >= 15 is 0 Å². The van der Waals surface area contributed by atoms with Gasteiger partial charge in [-0.25, -0.2) is 9.97 Å². The molecule has 5 heteroatoms. The Labute approximate surface area is 117 Å². The van der Waals surface area contributed by atoms with Crippen LogP contribution in [0.3, 0.4) is 0 Å². The van der Waals surface area contributed by atoms with Gasteiger partial charge in [0, 0.05) is 18.1 Å². The first-order chi connectivity index (χ1) is 9.66. The Morgan fingerprint density at radius 1 is 1.25 bits per heavy atom. The van der Waals surface area contributed by atoms with Crippen molar-refractivity contribution in [1.29, 1.82) is 0 Å². The number of nitrogens with one attached hydrogen (secondary N) is 2. The van der Waals surface area contributed by atoms with E-state index in [1.807, 2.05) is 19.2 Å². The topological polar surface area (TPSA) is 66.5 Å². The van der Waals surface area contributed by atoms with Crippen LogP contribution in [0.2, 0.25) is 0 Å². The lowest BCUT2D eigenvalue weighted by Gasteiger charge is -2.15. The van der Waals surface area contributed by atoms with Crippen LogP contribution in [-0.4, -0.2) is 19.9 Å². The predicted molar refractivity (Wildman–Crippen MR) is 79.6 cm³/mol. The van der Waals surface area contributed by atoms with Crippen molar-refractivity contribution in [1.82, 2.24) is 19.9 Å². The fourth-order valence-corrected chi connectivity index (χ4v) is 2.32. The van der Waals surface area contributed by atoms with Crippen LogP contribution >= 0.6 is 0 Å². The van der Waals surface area contributed by atoms with E-state index in [9.17, 15) is 0 Å². The van der Waals surface area contributed by atoms with Crippen LogP contribution in [0.5, 0.6) is 0 Å². The number of aromatic amines is 1. The lowest BCUT2D eigenvalue weighted by Crippen LogP contribution is -2.08. The summed E-state index contributed by atoms with van der Waals surface area (Å²) in [5, 5.41) is 4.50. The van der Waals surface area contributed by atoms with Gasteiger partial charge in [-0.15, -0.1) is 0 Å². The zero-order valence-corrected chi connectivity index (χ0v) is 11.8. The summed E-state index contributed by atoms with van der Waals surface area (Å²) >= 11 is 0. The molecular weight excluding hydrogens is 250 g/mol. The average Bonchev–Trinajstić information content (AvgIpc) is 2.76. The quantitative estimate of drug-likeness (QED) is 0.765. The Kier molecular flexibility index (Phi) is 3.10. The zero-order valence-electron chi connectivity index (χ0n) is 11.8. The molecule has 0 bridgehead atoms. The molecule has 0 saturated heterocycles. The van der Waals surface area contributed by atoms with Crippen molar-refractivity contribution in [3.63, 3.8) is 0 Å². The third-order valence-corrected chi connectivity index (χ3v) is 3.63. The van der Waals surface area contributed by atoms with Crippen molar-refractivity contribution in [2.24, 2.45) is 0 Å². The highest BCUT2D eigenvalue weighted by molar-refractivity contribution is 5.91. The van der Waals surface area contributed by atoms with Crippen molar-refractivity contribution in [2.45, 2.75) is 26.8 Å². The Bertz CT molecular complexity index is 733. The van der Waals surface area contributed by atoms with E-state index in [1.54, 1.807) is 12.5 Å². The molecule has 0 saturated carbocycles. The van der Waals surface area contributed by atoms with Crippen LogP contribution in [0.15, 0.2) is 30.9 Å². The SMILES string of the molecule is Cc1[nH]c2ncnc(N[C@@H](C)c3cccnc3)c2c1C. The molecule has 0 spiro atoms. The molecule has 0 aliphatic rings. The second kappa shape index (κ2) is 4.92. The van der Waals surface area contributed by atoms with Crippen molar-refractivity contribution in [3.8, 4) is 0 Å². The van der Waals surface area contributed by atoms with Crippen LogP contribution in [0, 0.1) is 13.8 Å². The van der Waals surface area contributed by atoms with Crippen LogP contribution in [0.25, 0.3) is 11.0 Å². The zero-order chi connectivity index (χ0) is 14.1. The molecule has 0 unspecified atom stereocenters. The molecule has 102 valence electrons.